The summed E-state index contributed by atoms with van der Waals surface area (Å²) in [6.45, 7) is 4.31. The van der Waals surface area contributed by atoms with E-state index in [0.717, 1.165) is 16.9 Å². The van der Waals surface area contributed by atoms with Gasteiger partial charge >= 0.3 is 0 Å². The van der Waals surface area contributed by atoms with Gasteiger partial charge in [0.25, 0.3) is 0 Å². The van der Waals surface area contributed by atoms with E-state index in [1.807, 2.05) is 19.9 Å². The Bertz CT molecular complexity index is 337. The Morgan fingerprint density at radius 1 is 1.40 bits per heavy atom. The van der Waals surface area contributed by atoms with Gasteiger partial charge in [0.15, 0.2) is 0 Å². The van der Waals surface area contributed by atoms with Crippen LogP contribution in [0.25, 0.3) is 0 Å². The maximum atomic E-state index is 9.53. The van der Waals surface area contributed by atoms with Crippen LogP contribution in [-0.4, -0.2) is 24.9 Å². The Morgan fingerprint density at radius 2 is 2.07 bits per heavy atom. The quantitative estimate of drug-likeness (QED) is 0.782. The molecule has 1 rings (SSSR count). The molecule has 3 nitrogen and oxygen atoms in total. The molecule has 0 fully saturated rings. The lowest BCUT2D eigenvalue weighted by atomic mass is 10.0. The number of aliphatic hydroxyl groups excluding tert-OH is 1. The molecule has 0 aliphatic carbocycles. The fraction of sp³-hybridized carbons (Fsp3) is 0.500. The molecule has 0 aliphatic heterocycles. The zero-order chi connectivity index (χ0) is 11.4. The minimum absolute atomic E-state index is 0.274. The normalized spacial score (nSPS) is 12.6. The van der Waals surface area contributed by atoms with Crippen molar-refractivity contribution >= 4 is 0 Å². The van der Waals surface area contributed by atoms with Crippen LogP contribution in [0.1, 0.15) is 16.7 Å². The summed E-state index contributed by atoms with van der Waals surface area (Å²) >= 11 is 0. The number of hydrogen-bond acceptors (Lipinski definition) is 3. The predicted octanol–water partition coefficient (Wildman–Crippen LogP) is 1.17. The van der Waals surface area contributed by atoms with Crippen LogP contribution < -0.4 is 10.5 Å². The summed E-state index contributed by atoms with van der Waals surface area (Å²) in [5.41, 5.74) is 8.69. The van der Waals surface area contributed by atoms with Crippen LogP contribution in [0, 0.1) is 13.8 Å². The second-order valence-electron chi connectivity index (χ2n) is 3.87. The average molecular weight is 209 g/mol. The number of rotatable bonds is 4. The van der Waals surface area contributed by atoms with Gasteiger partial charge in [0.1, 0.15) is 5.75 Å². The van der Waals surface area contributed by atoms with Gasteiger partial charge in [0.2, 0.25) is 0 Å². The van der Waals surface area contributed by atoms with Crippen molar-refractivity contribution in [3.05, 3.63) is 28.8 Å². The third kappa shape index (κ3) is 2.94. The van der Waals surface area contributed by atoms with E-state index in [1.54, 1.807) is 7.11 Å². The lowest BCUT2D eigenvalue weighted by molar-refractivity contribution is 0.182. The van der Waals surface area contributed by atoms with Crippen LogP contribution in [0.15, 0.2) is 12.1 Å². The molecule has 15 heavy (non-hydrogen) atoms. The molecule has 1 aromatic rings. The molecule has 0 radical (unpaired) electrons. The van der Waals surface area contributed by atoms with Crippen molar-refractivity contribution in [3.8, 4) is 5.75 Å². The first kappa shape index (κ1) is 12.0. The van der Waals surface area contributed by atoms with E-state index in [1.165, 1.54) is 5.56 Å². The van der Waals surface area contributed by atoms with E-state index < -0.39 is 6.10 Å². The van der Waals surface area contributed by atoms with Gasteiger partial charge < -0.3 is 15.6 Å². The molecule has 0 aliphatic rings. The maximum Gasteiger partial charge on any atom is 0.125 e. The third-order valence-electron chi connectivity index (χ3n) is 2.43. The van der Waals surface area contributed by atoms with Crippen molar-refractivity contribution in [1.29, 1.82) is 0 Å². The molecular weight excluding hydrogens is 190 g/mol. The van der Waals surface area contributed by atoms with Crippen molar-refractivity contribution in [2.45, 2.75) is 26.4 Å². The summed E-state index contributed by atoms with van der Waals surface area (Å²) in [6, 6.07) is 4.10. The van der Waals surface area contributed by atoms with Gasteiger partial charge in [-0.1, -0.05) is 17.7 Å². The van der Waals surface area contributed by atoms with Crippen LogP contribution in [0.2, 0.25) is 0 Å². The zero-order valence-corrected chi connectivity index (χ0v) is 9.58. The van der Waals surface area contributed by atoms with E-state index in [9.17, 15) is 5.11 Å². The van der Waals surface area contributed by atoms with Gasteiger partial charge in [-0.15, -0.1) is 0 Å². The highest BCUT2D eigenvalue weighted by Crippen LogP contribution is 2.26. The molecule has 3 heteroatoms. The SMILES string of the molecule is COc1c(C)cc(C)cc1CC(O)CN. The van der Waals surface area contributed by atoms with Gasteiger partial charge in [0, 0.05) is 13.0 Å². The minimum atomic E-state index is -0.500. The number of aryl methyl sites for hydroxylation is 2. The van der Waals surface area contributed by atoms with E-state index in [4.69, 9.17) is 10.5 Å². The lowest BCUT2D eigenvalue weighted by Crippen LogP contribution is -2.22. The van der Waals surface area contributed by atoms with Crippen LogP contribution in [-0.2, 0) is 6.42 Å². The lowest BCUT2D eigenvalue weighted by Gasteiger charge is -2.15. The van der Waals surface area contributed by atoms with Crippen molar-refractivity contribution in [3.63, 3.8) is 0 Å². The Labute approximate surface area is 90.9 Å². The molecule has 1 unspecified atom stereocenters. The molecule has 1 aromatic carbocycles. The third-order valence-corrected chi connectivity index (χ3v) is 2.43. The minimum Gasteiger partial charge on any atom is -0.496 e. The van der Waals surface area contributed by atoms with Crippen LogP contribution in [0.5, 0.6) is 5.75 Å². The second-order valence-corrected chi connectivity index (χ2v) is 3.87. The first-order valence-electron chi connectivity index (χ1n) is 5.10. The molecule has 0 aromatic heterocycles. The highest BCUT2D eigenvalue weighted by molar-refractivity contribution is 5.44. The highest BCUT2D eigenvalue weighted by atomic mass is 16.5. The number of methoxy groups -OCH3 is 1. The molecule has 0 bridgehead atoms. The van der Waals surface area contributed by atoms with Gasteiger partial charge in [-0.05, 0) is 25.0 Å². The fourth-order valence-electron chi connectivity index (χ4n) is 1.82. The van der Waals surface area contributed by atoms with Crippen molar-refractivity contribution in [1.82, 2.24) is 0 Å². The van der Waals surface area contributed by atoms with E-state index in [2.05, 4.69) is 6.07 Å². The largest absolute Gasteiger partial charge is 0.496 e. The Kier molecular flexibility index (Phi) is 4.12. The summed E-state index contributed by atoms with van der Waals surface area (Å²) in [4.78, 5) is 0. The Balaban J connectivity index is 3.03. The molecule has 84 valence electrons. The molecular formula is C12H19NO2. The molecule has 1 atom stereocenters. The summed E-state index contributed by atoms with van der Waals surface area (Å²) in [5, 5.41) is 9.53. The molecule has 0 saturated heterocycles. The van der Waals surface area contributed by atoms with Crippen molar-refractivity contribution < 1.29 is 9.84 Å². The van der Waals surface area contributed by atoms with E-state index in [-0.39, 0.29) is 6.54 Å². The predicted molar refractivity (Wildman–Crippen MR) is 61.2 cm³/mol. The first-order valence-corrected chi connectivity index (χ1v) is 5.10. The highest BCUT2D eigenvalue weighted by Gasteiger charge is 2.11. The number of aliphatic hydroxyl groups is 1. The Hall–Kier alpha value is -1.06. The standard InChI is InChI=1S/C12H19NO2/c1-8-4-9(2)12(15-3)10(5-8)6-11(14)7-13/h4-5,11,14H,6-7,13H2,1-3H3. The summed E-state index contributed by atoms with van der Waals surface area (Å²) < 4.78 is 5.32. The number of nitrogens with two attached hydrogens (primary N) is 1. The number of ether oxygens (including phenoxy) is 1. The number of benzene rings is 1. The van der Waals surface area contributed by atoms with Crippen molar-refractivity contribution in [2.75, 3.05) is 13.7 Å². The first-order chi connectivity index (χ1) is 7.08. The fourth-order valence-corrected chi connectivity index (χ4v) is 1.82. The number of hydrogen-bond donors (Lipinski definition) is 2. The van der Waals surface area contributed by atoms with Crippen LogP contribution in [0.3, 0.4) is 0 Å². The van der Waals surface area contributed by atoms with Gasteiger partial charge in [0.05, 0.1) is 13.2 Å². The van der Waals surface area contributed by atoms with E-state index in [0.29, 0.717) is 6.42 Å². The zero-order valence-electron chi connectivity index (χ0n) is 9.58. The summed E-state index contributed by atoms with van der Waals surface area (Å²) in [6.07, 6.45) is 0.0439. The molecule has 0 amide bonds. The monoisotopic (exact) mass is 209 g/mol. The van der Waals surface area contributed by atoms with Crippen molar-refractivity contribution in [2.24, 2.45) is 5.73 Å². The molecule has 0 saturated carbocycles. The topological polar surface area (TPSA) is 55.5 Å². The van der Waals surface area contributed by atoms with Gasteiger partial charge in [-0.3, -0.25) is 0 Å². The smallest absolute Gasteiger partial charge is 0.125 e. The second kappa shape index (κ2) is 5.14. The summed E-state index contributed by atoms with van der Waals surface area (Å²) in [7, 11) is 1.65. The molecule has 0 heterocycles. The van der Waals surface area contributed by atoms with E-state index >= 15 is 0 Å². The van der Waals surface area contributed by atoms with Gasteiger partial charge in [-0.2, -0.15) is 0 Å². The molecule has 3 N–H and O–H groups in total. The average Bonchev–Trinajstić information content (AvgIpc) is 2.17. The van der Waals surface area contributed by atoms with Gasteiger partial charge in [-0.25, -0.2) is 0 Å². The molecule has 0 spiro atoms. The van der Waals surface area contributed by atoms with Crippen LogP contribution >= 0.6 is 0 Å². The summed E-state index contributed by atoms with van der Waals surface area (Å²) in [5.74, 6) is 0.855. The Morgan fingerprint density at radius 3 is 2.60 bits per heavy atom. The van der Waals surface area contributed by atoms with Crippen LogP contribution in [0.4, 0.5) is 0 Å². The maximum absolute atomic E-state index is 9.53.